The van der Waals surface area contributed by atoms with Crippen LogP contribution in [-0.2, 0) is 38.4 Å². The number of aliphatic carboxylic acids is 8. The van der Waals surface area contributed by atoms with E-state index in [1.54, 1.807) is 0 Å². The molecule has 0 rings (SSSR count). The Morgan fingerprint density at radius 3 is 0.875 bits per heavy atom. The summed E-state index contributed by atoms with van der Waals surface area (Å²) in [6.07, 6.45) is 6.72. The van der Waals surface area contributed by atoms with Crippen molar-refractivity contribution >= 4 is 47.8 Å². The van der Waals surface area contributed by atoms with Crippen LogP contribution < -0.4 is 70.2 Å². The summed E-state index contributed by atoms with van der Waals surface area (Å²) in [6.45, 7) is 2.18. The van der Waals surface area contributed by atoms with Crippen molar-refractivity contribution in [1.82, 2.24) is 0 Å². The third-order valence-electron chi connectivity index (χ3n) is 3.85. The Morgan fingerprint density at radius 2 is 0.700 bits per heavy atom. The van der Waals surface area contributed by atoms with E-state index in [1.165, 1.54) is 32.1 Å². The Bertz CT molecular complexity index is 672. The van der Waals surface area contributed by atoms with E-state index in [9.17, 15) is 38.4 Å². The van der Waals surface area contributed by atoms with Gasteiger partial charge in [0, 0.05) is 0 Å². The fraction of sp³-hybridized carbons (Fsp3) is 0.636. The zero-order valence-corrected chi connectivity index (χ0v) is 26.0. The van der Waals surface area contributed by atoms with E-state index in [2.05, 4.69) is 6.92 Å². The topological polar surface area (TPSA) is 298 Å². The van der Waals surface area contributed by atoms with E-state index in [0.29, 0.717) is 6.42 Å². The van der Waals surface area contributed by atoms with Gasteiger partial charge in [-0.3, -0.25) is 38.4 Å². The Balaban J connectivity index is -0.0000000654. The fourth-order valence-electron chi connectivity index (χ4n) is 2.22. The number of rotatable bonds is 17. The van der Waals surface area contributed by atoms with Gasteiger partial charge in [-0.1, -0.05) is 58.3 Å². The van der Waals surface area contributed by atoms with Crippen LogP contribution in [0.15, 0.2) is 0 Å². The molecule has 0 aliphatic heterocycles. The molecular formula is C22H38KLiO16. The number of carboxylic acids is 8. The molecule has 0 atom stereocenters. The summed E-state index contributed by atoms with van der Waals surface area (Å²) in [4.78, 5) is 77.8. The zero-order chi connectivity index (χ0) is 30.7. The van der Waals surface area contributed by atoms with E-state index in [4.69, 9.17) is 40.9 Å². The minimum atomic E-state index is -1.31. The molecule has 18 heteroatoms. The quantitative estimate of drug-likeness (QED) is 0.0448. The summed E-state index contributed by atoms with van der Waals surface area (Å²) >= 11 is 0. The second kappa shape index (κ2) is 35.0. The van der Waals surface area contributed by atoms with Crippen molar-refractivity contribution in [3.8, 4) is 0 Å². The maximum absolute atomic E-state index is 10.6. The van der Waals surface area contributed by atoms with Gasteiger partial charge in [-0.25, -0.2) is 0 Å². The van der Waals surface area contributed by atoms with Gasteiger partial charge in [0.05, 0.1) is 0 Å². The first-order chi connectivity index (χ1) is 17.5. The largest absolute Gasteiger partial charge is 1.00 e. The second-order valence-electron chi connectivity index (χ2n) is 7.39. The summed E-state index contributed by atoms with van der Waals surface area (Å²) in [5.74, 6) is -11.5. The number of unbranched alkanes of at least 4 members (excludes halogenated alkanes) is 7. The van der Waals surface area contributed by atoms with Gasteiger partial charge >= 0.3 is 118 Å². The zero-order valence-electron chi connectivity index (χ0n) is 24.9. The van der Waals surface area contributed by atoms with Crippen molar-refractivity contribution in [2.24, 2.45) is 5.92 Å². The van der Waals surface area contributed by atoms with Crippen molar-refractivity contribution in [3.63, 3.8) is 0 Å². The van der Waals surface area contributed by atoms with Crippen LogP contribution in [0, 0.1) is 5.92 Å². The van der Waals surface area contributed by atoms with E-state index >= 15 is 0 Å². The molecule has 0 spiro atoms. The van der Waals surface area contributed by atoms with Crippen LogP contribution >= 0.6 is 0 Å². The molecule has 0 aliphatic rings. The summed E-state index contributed by atoms with van der Waals surface area (Å²) in [7, 11) is 0. The molecule has 16 nitrogen and oxygen atoms in total. The predicted molar refractivity (Wildman–Crippen MR) is 128 cm³/mol. The molecule has 0 aromatic rings. The average molecular weight is 605 g/mol. The SMILES string of the molecule is CCCCCCCCCCC(C(=O)O)C(=O)O.O=C(O)CC(=O)O.O=C(O)CC(=O)O.O=C(O)CC(=O)O.[H-].[H-].[K+].[Li+]. The Kier molecular flexibility index (Phi) is 44.5. The van der Waals surface area contributed by atoms with Crippen molar-refractivity contribution < 1.29 is 152 Å². The van der Waals surface area contributed by atoms with Gasteiger partial charge in [0.1, 0.15) is 19.3 Å². The van der Waals surface area contributed by atoms with Crippen molar-refractivity contribution in [1.29, 1.82) is 0 Å². The molecular weight excluding hydrogens is 566 g/mol. The van der Waals surface area contributed by atoms with Gasteiger partial charge in [0.15, 0.2) is 5.92 Å². The van der Waals surface area contributed by atoms with Crippen LogP contribution in [0.2, 0.25) is 0 Å². The normalized spacial score (nSPS) is 8.75. The molecule has 0 saturated carbocycles. The minimum absolute atomic E-state index is 0. The first-order valence-corrected chi connectivity index (χ1v) is 11.2. The first-order valence-electron chi connectivity index (χ1n) is 11.2. The molecule has 0 saturated heterocycles. The average Bonchev–Trinajstić information content (AvgIpc) is 2.70. The molecule has 0 amide bonds. The molecule has 0 fully saturated rings. The first kappa shape index (κ1) is 50.8. The Labute approximate surface area is 287 Å². The molecule has 0 aromatic heterocycles. The smallest absolute Gasteiger partial charge is 1.00 e. The second-order valence-corrected chi connectivity index (χ2v) is 7.39. The Hall–Kier alpha value is -2.01. The maximum Gasteiger partial charge on any atom is 1.00 e. The minimum Gasteiger partial charge on any atom is -1.00 e. The molecule has 8 N–H and O–H groups in total. The molecule has 224 valence electrons. The molecule has 0 aromatic carbocycles. The van der Waals surface area contributed by atoms with Gasteiger partial charge in [-0.15, -0.1) is 0 Å². The van der Waals surface area contributed by atoms with Crippen LogP contribution in [0.25, 0.3) is 0 Å². The number of carbonyl (C=O) groups is 8. The van der Waals surface area contributed by atoms with Crippen LogP contribution in [0.4, 0.5) is 0 Å². The van der Waals surface area contributed by atoms with Crippen LogP contribution in [0.1, 0.15) is 86.8 Å². The molecule has 0 unspecified atom stereocenters. The van der Waals surface area contributed by atoms with Crippen LogP contribution in [-0.4, -0.2) is 88.6 Å². The summed E-state index contributed by atoms with van der Waals surface area (Å²) < 4.78 is 0. The fourth-order valence-corrected chi connectivity index (χ4v) is 2.22. The van der Waals surface area contributed by atoms with Crippen LogP contribution in [0.5, 0.6) is 0 Å². The number of carboxylic acid groups (broad SMARTS) is 8. The maximum atomic E-state index is 10.6. The van der Waals surface area contributed by atoms with Gasteiger partial charge in [-0.2, -0.15) is 0 Å². The summed E-state index contributed by atoms with van der Waals surface area (Å²) in [6, 6.07) is 0. The molecule has 0 aliphatic carbocycles. The van der Waals surface area contributed by atoms with E-state index in [1.807, 2.05) is 0 Å². The van der Waals surface area contributed by atoms with Crippen molar-refractivity contribution in [2.45, 2.75) is 84.0 Å². The molecule has 0 bridgehead atoms. The van der Waals surface area contributed by atoms with Gasteiger partial charge in [0.25, 0.3) is 0 Å². The van der Waals surface area contributed by atoms with Gasteiger partial charge in [0.2, 0.25) is 0 Å². The summed E-state index contributed by atoms with van der Waals surface area (Å²) in [5.41, 5.74) is 0. The van der Waals surface area contributed by atoms with E-state index in [-0.39, 0.29) is 79.5 Å². The van der Waals surface area contributed by atoms with Crippen LogP contribution in [0.3, 0.4) is 0 Å². The summed E-state index contributed by atoms with van der Waals surface area (Å²) in [5, 5.41) is 63.5. The number of hydrogen-bond donors (Lipinski definition) is 8. The molecule has 40 heavy (non-hydrogen) atoms. The van der Waals surface area contributed by atoms with E-state index < -0.39 is 72.9 Å². The third-order valence-corrected chi connectivity index (χ3v) is 3.85. The number of hydrogen-bond acceptors (Lipinski definition) is 8. The monoisotopic (exact) mass is 604 g/mol. The van der Waals surface area contributed by atoms with Gasteiger partial charge in [-0.05, 0) is 6.42 Å². The van der Waals surface area contributed by atoms with Crippen molar-refractivity contribution in [2.75, 3.05) is 0 Å². The van der Waals surface area contributed by atoms with Gasteiger partial charge < -0.3 is 43.7 Å². The third kappa shape index (κ3) is 56.2. The molecule has 0 heterocycles. The standard InChI is InChI=1S/C13H24O4.3C3H4O4.K.Li.2H/c1-2-3-4-5-6-7-8-9-10-11(12(14)15)13(16)17;3*4-2(5)1-3(6)7;;;;/h11H,2-10H2,1H3,(H,14,15)(H,16,17);3*1H2,(H,4,5)(H,6,7);;;;/q;;;;2*+1;2*-1. The molecule has 0 radical (unpaired) electrons. The van der Waals surface area contributed by atoms with Crippen molar-refractivity contribution in [3.05, 3.63) is 0 Å². The predicted octanol–water partition coefficient (Wildman–Crippen LogP) is -3.83. The van der Waals surface area contributed by atoms with E-state index in [0.717, 1.165) is 12.8 Å². The Morgan fingerprint density at radius 1 is 0.475 bits per heavy atom.